The second-order valence-corrected chi connectivity index (χ2v) is 4.31. The van der Waals surface area contributed by atoms with Crippen LogP contribution in [0.3, 0.4) is 0 Å². The summed E-state index contributed by atoms with van der Waals surface area (Å²) in [5, 5.41) is 10.7. The van der Waals surface area contributed by atoms with E-state index in [0.717, 1.165) is 0 Å². The van der Waals surface area contributed by atoms with Crippen LogP contribution in [0.1, 0.15) is 20.0 Å². The third kappa shape index (κ3) is 2.23. The standard InChI is InChI=1S/C12H9NO4S/c1-17-12(16)9-5-7(6-18-9)10-8(11(14)15)3-2-4-13-10/h2-6H,1H3,(H,14,15). The lowest BCUT2D eigenvalue weighted by Crippen LogP contribution is -2.01. The molecule has 0 bridgehead atoms. The lowest BCUT2D eigenvalue weighted by atomic mass is 10.1. The average Bonchev–Trinajstić information content (AvgIpc) is 2.87. The number of thiophene rings is 1. The van der Waals surface area contributed by atoms with Gasteiger partial charge in [0.2, 0.25) is 0 Å². The van der Waals surface area contributed by atoms with Crippen molar-refractivity contribution in [3.63, 3.8) is 0 Å². The van der Waals surface area contributed by atoms with Crippen molar-refractivity contribution in [2.75, 3.05) is 7.11 Å². The van der Waals surface area contributed by atoms with E-state index in [2.05, 4.69) is 9.72 Å². The summed E-state index contributed by atoms with van der Waals surface area (Å²) in [6.07, 6.45) is 1.51. The summed E-state index contributed by atoms with van der Waals surface area (Å²) < 4.78 is 4.60. The summed E-state index contributed by atoms with van der Waals surface area (Å²) >= 11 is 1.19. The lowest BCUT2D eigenvalue weighted by Gasteiger charge is -2.01. The quantitative estimate of drug-likeness (QED) is 0.860. The minimum absolute atomic E-state index is 0.103. The molecule has 2 heterocycles. The predicted molar refractivity (Wildman–Crippen MR) is 65.8 cm³/mol. The number of carbonyl (C=O) groups excluding carboxylic acids is 1. The first-order valence-electron chi connectivity index (χ1n) is 4.99. The fourth-order valence-corrected chi connectivity index (χ4v) is 2.28. The summed E-state index contributed by atoms with van der Waals surface area (Å²) in [6, 6.07) is 4.60. The highest BCUT2D eigenvalue weighted by Gasteiger charge is 2.16. The Balaban J connectivity index is 2.46. The first-order chi connectivity index (χ1) is 8.63. The molecule has 0 amide bonds. The topological polar surface area (TPSA) is 76.5 Å². The molecule has 0 aliphatic carbocycles. The van der Waals surface area contributed by atoms with Crippen LogP contribution in [0.15, 0.2) is 29.8 Å². The molecular weight excluding hydrogens is 254 g/mol. The molecule has 6 heteroatoms. The number of nitrogens with zero attached hydrogens (tertiary/aromatic N) is 1. The zero-order chi connectivity index (χ0) is 13.1. The number of rotatable bonds is 3. The highest BCUT2D eigenvalue weighted by Crippen LogP contribution is 2.27. The van der Waals surface area contributed by atoms with Crippen molar-refractivity contribution >= 4 is 23.3 Å². The van der Waals surface area contributed by atoms with Gasteiger partial charge in [0.05, 0.1) is 18.4 Å². The molecule has 0 aromatic carbocycles. The minimum Gasteiger partial charge on any atom is -0.478 e. The molecule has 2 aromatic rings. The molecule has 0 fully saturated rings. The third-order valence-electron chi connectivity index (χ3n) is 2.30. The first-order valence-corrected chi connectivity index (χ1v) is 5.87. The van der Waals surface area contributed by atoms with Gasteiger partial charge in [-0.2, -0.15) is 0 Å². The van der Waals surface area contributed by atoms with Crippen LogP contribution in [0.4, 0.5) is 0 Å². The molecule has 0 unspecified atom stereocenters. The van der Waals surface area contributed by atoms with E-state index >= 15 is 0 Å². The third-order valence-corrected chi connectivity index (χ3v) is 3.21. The number of methoxy groups -OCH3 is 1. The molecule has 0 spiro atoms. The van der Waals surface area contributed by atoms with Crippen LogP contribution in [0.2, 0.25) is 0 Å². The Morgan fingerprint density at radius 2 is 2.22 bits per heavy atom. The zero-order valence-electron chi connectivity index (χ0n) is 9.41. The van der Waals surface area contributed by atoms with E-state index < -0.39 is 11.9 Å². The Bertz CT molecular complexity index is 606. The smallest absolute Gasteiger partial charge is 0.348 e. The molecule has 0 saturated heterocycles. The fourth-order valence-electron chi connectivity index (χ4n) is 1.48. The van der Waals surface area contributed by atoms with E-state index in [1.54, 1.807) is 17.5 Å². The van der Waals surface area contributed by atoms with Crippen molar-refractivity contribution in [2.45, 2.75) is 0 Å². The van der Waals surface area contributed by atoms with Gasteiger partial charge in [0.25, 0.3) is 0 Å². The van der Waals surface area contributed by atoms with Crippen LogP contribution in [-0.4, -0.2) is 29.1 Å². The number of esters is 1. The Morgan fingerprint density at radius 3 is 2.89 bits per heavy atom. The van der Waals surface area contributed by atoms with Crippen LogP contribution < -0.4 is 0 Å². The second kappa shape index (κ2) is 4.97. The molecule has 0 aliphatic heterocycles. The molecule has 18 heavy (non-hydrogen) atoms. The number of pyridine rings is 1. The largest absolute Gasteiger partial charge is 0.478 e. The highest BCUT2D eigenvalue weighted by atomic mass is 32.1. The van der Waals surface area contributed by atoms with Crippen molar-refractivity contribution in [3.05, 3.63) is 40.2 Å². The SMILES string of the molecule is COC(=O)c1cc(-c2ncccc2C(=O)O)cs1. The van der Waals surface area contributed by atoms with Gasteiger partial charge in [-0.25, -0.2) is 9.59 Å². The van der Waals surface area contributed by atoms with Crippen LogP contribution in [0.25, 0.3) is 11.3 Å². The summed E-state index contributed by atoms with van der Waals surface area (Å²) in [6.45, 7) is 0. The number of carboxylic acid groups (broad SMARTS) is 1. The molecule has 92 valence electrons. The van der Waals surface area contributed by atoms with Gasteiger partial charge >= 0.3 is 11.9 Å². The van der Waals surface area contributed by atoms with Crippen molar-refractivity contribution in [2.24, 2.45) is 0 Å². The molecule has 1 N–H and O–H groups in total. The normalized spacial score (nSPS) is 10.1. The number of aromatic nitrogens is 1. The first kappa shape index (κ1) is 12.3. The Hall–Kier alpha value is -2.21. The Labute approximate surface area is 107 Å². The van der Waals surface area contributed by atoms with Crippen molar-refractivity contribution in [3.8, 4) is 11.3 Å². The zero-order valence-corrected chi connectivity index (χ0v) is 10.2. The van der Waals surface area contributed by atoms with E-state index in [0.29, 0.717) is 16.1 Å². The number of aromatic carboxylic acids is 1. The van der Waals surface area contributed by atoms with Crippen LogP contribution in [0, 0.1) is 0 Å². The van der Waals surface area contributed by atoms with Crippen LogP contribution in [-0.2, 0) is 4.74 Å². The van der Waals surface area contributed by atoms with E-state index in [9.17, 15) is 9.59 Å². The molecule has 0 aliphatic rings. The maximum Gasteiger partial charge on any atom is 0.348 e. The van der Waals surface area contributed by atoms with Gasteiger partial charge in [0, 0.05) is 17.1 Å². The van der Waals surface area contributed by atoms with Crippen molar-refractivity contribution in [1.29, 1.82) is 0 Å². The van der Waals surface area contributed by atoms with E-state index in [4.69, 9.17) is 5.11 Å². The van der Waals surface area contributed by atoms with Gasteiger partial charge in [-0.05, 0) is 18.2 Å². The fraction of sp³-hybridized carbons (Fsp3) is 0.0833. The molecule has 2 rings (SSSR count). The Kier molecular flexibility index (Phi) is 3.38. The van der Waals surface area contributed by atoms with E-state index in [-0.39, 0.29) is 5.56 Å². The lowest BCUT2D eigenvalue weighted by molar-refractivity contribution is 0.0605. The summed E-state index contributed by atoms with van der Waals surface area (Å²) in [4.78, 5) is 26.8. The monoisotopic (exact) mass is 263 g/mol. The van der Waals surface area contributed by atoms with Gasteiger partial charge in [0.15, 0.2) is 0 Å². The molecule has 0 saturated carbocycles. The van der Waals surface area contributed by atoms with Crippen molar-refractivity contribution < 1.29 is 19.4 Å². The molecule has 2 aromatic heterocycles. The average molecular weight is 263 g/mol. The van der Waals surface area contributed by atoms with Gasteiger partial charge < -0.3 is 9.84 Å². The minimum atomic E-state index is -1.05. The van der Waals surface area contributed by atoms with Crippen LogP contribution in [0.5, 0.6) is 0 Å². The maximum atomic E-state index is 11.3. The molecular formula is C12H9NO4S. The molecule has 5 nitrogen and oxygen atoms in total. The number of hydrogen-bond donors (Lipinski definition) is 1. The molecule has 0 radical (unpaired) electrons. The number of ether oxygens (including phenoxy) is 1. The number of carbonyl (C=O) groups is 2. The Morgan fingerprint density at radius 1 is 1.44 bits per heavy atom. The van der Waals surface area contributed by atoms with Crippen LogP contribution >= 0.6 is 11.3 Å². The molecule has 0 atom stereocenters. The van der Waals surface area contributed by atoms with Gasteiger partial charge in [-0.15, -0.1) is 11.3 Å². The van der Waals surface area contributed by atoms with E-state index in [1.165, 1.54) is 30.7 Å². The second-order valence-electron chi connectivity index (χ2n) is 3.40. The highest BCUT2D eigenvalue weighted by molar-refractivity contribution is 7.12. The van der Waals surface area contributed by atoms with Gasteiger partial charge in [-0.3, -0.25) is 4.98 Å². The predicted octanol–water partition coefficient (Wildman–Crippen LogP) is 2.29. The number of carboxylic acids is 1. The van der Waals surface area contributed by atoms with Gasteiger partial charge in [-0.1, -0.05) is 0 Å². The maximum absolute atomic E-state index is 11.3. The van der Waals surface area contributed by atoms with E-state index in [1.807, 2.05) is 0 Å². The number of hydrogen-bond acceptors (Lipinski definition) is 5. The van der Waals surface area contributed by atoms with Gasteiger partial charge in [0.1, 0.15) is 4.88 Å². The summed E-state index contributed by atoms with van der Waals surface area (Å²) in [5.41, 5.74) is 1.04. The summed E-state index contributed by atoms with van der Waals surface area (Å²) in [7, 11) is 1.30. The summed E-state index contributed by atoms with van der Waals surface area (Å²) in [5.74, 6) is -1.50. The van der Waals surface area contributed by atoms with Crippen molar-refractivity contribution in [1.82, 2.24) is 4.98 Å².